The molecule has 1 heterocycles. The molecule has 2 N–H and O–H groups in total. The van der Waals surface area contributed by atoms with Gasteiger partial charge in [0.2, 0.25) is 0 Å². The van der Waals surface area contributed by atoms with Crippen LogP contribution in [0.15, 0.2) is 30.5 Å². The van der Waals surface area contributed by atoms with Crippen LogP contribution >= 0.6 is 0 Å². The normalized spacial score (nSPS) is 13.9. The van der Waals surface area contributed by atoms with Crippen molar-refractivity contribution in [1.82, 2.24) is 20.3 Å². The highest BCUT2D eigenvalue weighted by molar-refractivity contribution is 5.91. The van der Waals surface area contributed by atoms with Crippen LogP contribution in [0, 0.1) is 12.8 Å². The molecule has 1 aromatic heterocycles. The number of aliphatic hydroxyl groups is 1. The van der Waals surface area contributed by atoms with Crippen LogP contribution in [0.3, 0.4) is 0 Å². The van der Waals surface area contributed by atoms with E-state index in [2.05, 4.69) is 15.6 Å². The number of benzene rings is 1. The molecule has 6 heteroatoms. The van der Waals surface area contributed by atoms with Gasteiger partial charge in [0.1, 0.15) is 0 Å². The lowest BCUT2D eigenvalue weighted by atomic mass is 9.92. The second-order valence-electron chi connectivity index (χ2n) is 6.08. The van der Waals surface area contributed by atoms with E-state index in [0.29, 0.717) is 0 Å². The van der Waals surface area contributed by atoms with Crippen molar-refractivity contribution in [3.8, 4) is 5.69 Å². The van der Waals surface area contributed by atoms with Crippen molar-refractivity contribution in [2.75, 3.05) is 6.54 Å². The molecule has 0 aliphatic rings. The van der Waals surface area contributed by atoms with E-state index in [1.807, 2.05) is 45.0 Å². The molecule has 1 unspecified atom stereocenters. The first kappa shape index (κ1) is 16.2. The molecule has 22 heavy (non-hydrogen) atoms. The van der Waals surface area contributed by atoms with E-state index in [1.54, 1.807) is 17.8 Å². The van der Waals surface area contributed by atoms with E-state index >= 15 is 0 Å². The zero-order valence-corrected chi connectivity index (χ0v) is 13.4. The molecule has 0 radical (unpaired) electrons. The molecule has 2 rings (SSSR count). The maximum Gasteiger partial charge on any atom is 0.273 e. The number of hydrogen-bond acceptors (Lipinski definition) is 4. The quantitative estimate of drug-likeness (QED) is 0.881. The molecular weight excluding hydrogens is 280 g/mol. The first-order valence-electron chi connectivity index (χ1n) is 7.29. The number of nitrogens with one attached hydrogen (secondary N) is 1. The Labute approximate surface area is 130 Å². The average molecular weight is 302 g/mol. The minimum atomic E-state index is -0.956. The molecule has 0 spiro atoms. The number of nitrogens with zero attached hydrogens (tertiary/aromatic N) is 3. The molecule has 0 saturated heterocycles. The predicted molar refractivity (Wildman–Crippen MR) is 83.9 cm³/mol. The van der Waals surface area contributed by atoms with Crippen LogP contribution in [-0.4, -0.2) is 38.2 Å². The van der Waals surface area contributed by atoms with Gasteiger partial charge in [0, 0.05) is 6.54 Å². The maximum atomic E-state index is 12.1. The second-order valence-corrected chi connectivity index (χ2v) is 6.08. The molecule has 2 aromatic rings. The highest BCUT2D eigenvalue weighted by Crippen LogP contribution is 2.14. The summed E-state index contributed by atoms with van der Waals surface area (Å²) in [5.74, 6) is -0.310. The molecule has 0 aliphatic carbocycles. The van der Waals surface area contributed by atoms with Crippen molar-refractivity contribution in [2.45, 2.75) is 33.3 Å². The third kappa shape index (κ3) is 3.71. The standard InChI is InChI=1S/C16H22N4O2/c1-11(2)16(4,22)10-17-15(21)14-9-20(19-18-14)13-7-5-12(3)6-8-13/h5-9,11,22H,10H2,1-4H3,(H,17,21). The van der Waals surface area contributed by atoms with Gasteiger partial charge in [-0.2, -0.15) is 0 Å². The van der Waals surface area contributed by atoms with Crippen LogP contribution in [0.2, 0.25) is 0 Å². The van der Waals surface area contributed by atoms with E-state index < -0.39 is 5.60 Å². The average Bonchev–Trinajstić information content (AvgIpc) is 2.95. The SMILES string of the molecule is Cc1ccc(-n2cc(C(=O)NCC(C)(O)C(C)C)nn2)cc1. The minimum absolute atomic E-state index is 0.0380. The summed E-state index contributed by atoms with van der Waals surface area (Å²) < 4.78 is 1.55. The van der Waals surface area contributed by atoms with E-state index in [9.17, 15) is 9.90 Å². The molecule has 1 aromatic carbocycles. The summed E-state index contributed by atoms with van der Waals surface area (Å²) in [6.45, 7) is 7.67. The predicted octanol–water partition coefficient (Wildman–Crippen LogP) is 1.71. The number of aryl methyl sites for hydroxylation is 1. The van der Waals surface area contributed by atoms with Gasteiger partial charge in [-0.05, 0) is 31.9 Å². The zero-order chi connectivity index (χ0) is 16.3. The number of rotatable bonds is 5. The van der Waals surface area contributed by atoms with Crippen LogP contribution < -0.4 is 5.32 Å². The number of amides is 1. The molecule has 1 atom stereocenters. The summed E-state index contributed by atoms with van der Waals surface area (Å²) in [6, 6.07) is 7.76. The van der Waals surface area contributed by atoms with Gasteiger partial charge in [-0.15, -0.1) is 5.10 Å². The highest BCUT2D eigenvalue weighted by atomic mass is 16.3. The Balaban J connectivity index is 2.05. The van der Waals surface area contributed by atoms with Crippen molar-refractivity contribution < 1.29 is 9.90 Å². The van der Waals surface area contributed by atoms with E-state index in [1.165, 1.54) is 0 Å². The van der Waals surface area contributed by atoms with Gasteiger partial charge in [0.05, 0.1) is 17.5 Å². The summed E-state index contributed by atoms with van der Waals surface area (Å²) in [5.41, 5.74) is 1.26. The van der Waals surface area contributed by atoms with Gasteiger partial charge < -0.3 is 10.4 Å². The Morgan fingerprint density at radius 3 is 2.59 bits per heavy atom. The Bertz CT molecular complexity index is 644. The molecular formula is C16H22N4O2. The Hall–Kier alpha value is -2.21. The first-order chi connectivity index (χ1) is 10.3. The smallest absolute Gasteiger partial charge is 0.273 e. The Kier molecular flexibility index (Phi) is 4.61. The lowest BCUT2D eigenvalue weighted by Gasteiger charge is -2.27. The van der Waals surface area contributed by atoms with Crippen LogP contribution in [0.5, 0.6) is 0 Å². The summed E-state index contributed by atoms with van der Waals surface area (Å²) in [5, 5.41) is 20.7. The Morgan fingerprint density at radius 1 is 1.36 bits per heavy atom. The number of carbonyl (C=O) groups excluding carboxylic acids is 1. The third-order valence-corrected chi connectivity index (χ3v) is 3.88. The number of carbonyl (C=O) groups is 1. The fourth-order valence-electron chi connectivity index (χ4n) is 1.75. The van der Waals surface area contributed by atoms with Crippen molar-refractivity contribution in [3.63, 3.8) is 0 Å². The topological polar surface area (TPSA) is 80.0 Å². The van der Waals surface area contributed by atoms with Crippen molar-refractivity contribution in [2.24, 2.45) is 5.92 Å². The molecule has 0 bridgehead atoms. The first-order valence-corrected chi connectivity index (χ1v) is 7.29. The van der Waals surface area contributed by atoms with Gasteiger partial charge in [-0.3, -0.25) is 4.79 Å². The summed E-state index contributed by atoms with van der Waals surface area (Å²) >= 11 is 0. The molecule has 118 valence electrons. The molecule has 0 saturated carbocycles. The van der Waals surface area contributed by atoms with Gasteiger partial charge in [-0.25, -0.2) is 4.68 Å². The van der Waals surface area contributed by atoms with Crippen molar-refractivity contribution in [1.29, 1.82) is 0 Å². The van der Waals surface area contributed by atoms with Crippen LogP contribution in [0.4, 0.5) is 0 Å². The molecule has 1 amide bonds. The summed E-state index contributed by atoms with van der Waals surface area (Å²) in [6.07, 6.45) is 1.57. The minimum Gasteiger partial charge on any atom is -0.388 e. The van der Waals surface area contributed by atoms with Gasteiger partial charge in [0.25, 0.3) is 5.91 Å². The van der Waals surface area contributed by atoms with E-state index in [0.717, 1.165) is 11.3 Å². The van der Waals surface area contributed by atoms with E-state index in [4.69, 9.17) is 0 Å². The lowest BCUT2D eigenvalue weighted by molar-refractivity contribution is 0.0142. The van der Waals surface area contributed by atoms with Gasteiger partial charge in [0.15, 0.2) is 5.69 Å². The number of hydrogen-bond donors (Lipinski definition) is 2. The monoisotopic (exact) mass is 302 g/mol. The molecule has 0 aliphatic heterocycles. The fourth-order valence-corrected chi connectivity index (χ4v) is 1.75. The van der Waals surface area contributed by atoms with Crippen molar-refractivity contribution in [3.05, 3.63) is 41.7 Å². The van der Waals surface area contributed by atoms with Gasteiger partial charge in [-0.1, -0.05) is 36.8 Å². The maximum absolute atomic E-state index is 12.1. The van der Waals surface area contributed by atoms with Crippen LogP contribution in [0.25, 0.3) is 5.69 Å². The lowest BCUT2D eigenvalue weighted by Crippen LogP contribution is -2.44. The Morgan fingerprint density at radius 2 is 2.00 bits per heavy atom. The van der Waals surface area contributed by atoms with Crippen LogP contribution in [-0.2, 0) is 0 Å². The number of aromatic nitrogens is 3. The molecule has 0 fully saturated rings. The van der Waals surface area contributed by atoms with E-state index in [-0.39, 0.29) is 24.1 Å². The summed E-state index contributed by atoms with van der Waals surface area (Å²) in [7, 11) is 0. The second kappa shape index (κ2) is 6.27. The van der Waals surface area contributed by atoms with Crippen LogP contribution in [0.1, 0.15) is 36.8 Å². The summed E-state index contributed by atoms with van der Waals surface area (Å²) in [4.78, 5) is 12.1. The molecule has 6 nitrogen and oxygen atoms in total. The third-order valence-electron chi connectivity index (χ3n) is 3.88. The highest BCUT2D eigenvalue weighted by Gasteiger charge is 2.26. The zero-order valence-electron chi connectivity index (χ0n) is 13.4. The largest absolute Gasteiger partial charge is 0.388 e. The fraction of sp³-hybridized carbons (Fsp3) is 0.438. The van der Waals surface area contributed by atoms with Crippen molar-refractivity contribution >= 4 is 5.91 Å². The van der Waals surface area contributed by atoms with Gasteiger partial charge >= 0.3 is 0 Å².